The molecule has 1 N–H and O–H groups in total. The van der Waals surface area contributed by atoms with Gasteiger partial charge in [0.1, 0.15) is 17.7 Å². The molecule has 4 atom stereocenters. The first-order valence-electron chi connectivity index (χ1n) is 9.06. The van der Waals surface area contributed by atoms with E-state index in [4.69, 9.17) is 4.74 Å². The van der Waals surface area contributed by atoms with Crippen LogP contribution in [0.2, 0.25) is 0 Å². The molecule has 4 unspecified atom stereocenters. The van der Waals surface area contributed by atoms with Crippen molar-refractivity contribution in [2.24, 2.45) is 11.3 Å². The van der Waals surface area contributed by atoms with Crippen molar-refractivity contribution in [1.29, 1.82) is 5.26 Å². The zero-order chi connectivity index (χ0) is 18.4. The lowest BCUT2D eigenvalue weighted by molar-refractivity contribution is -0.138. The van der Waals surface area contributed by atoms with Crippen LogP contribution in [-0.4, -0.2) is 40.6 Å². The van der Waals surface area contributed by atoms with Gasteiger partial charge in [0, 0.05) is 11.5 Å². The largest absolute Gasteiger partial charge is 0.444 e. The van der Waals surface area contributed by atoms with Gasteiger partial charge in [-0.2, -0.15) is 5.26 Å². The van der Waals surface area contributed by atoms with Gasteiger partial charge in [-0.15, -0.1) is 6.58 Å². The maximum atomic E-state index is 13.3. The molecule has 1 saturated heterocycles. The summed E-state index contributed by atoms with van der Waals surface area (Å²) in [6.45, 7) is 9.27. The highest BCUT2D eigenvalue weighted by Crippen LogP contribution is 2.50. The van der Waals surface area contributed by atoms with E-state index < -0.39 is 23.2 Å². The summed E-state index contributed by atoms with van der Waals surface area (Å²) in [5.74, 6) is 0.277. The van der Waals surface area contributed by atoms with Crippen LogP contribution in [0, 0.1) is 22.7 Å². The maximum Gasteiger partial charge on any atom is 0.408 e. The molecule has 3 fully saturated rings. The minimum atomic E-state index is -0.719. The van der Waals surface area contributed by atoms with Gasteiger partial charge in [-0.1, -0.05) is 12.5 Å². The standard InChI is InChI=1S/C19H27N3O3/c1-5-19(7-6-8-19)15(21-17(24)25-18(2,3)4)16(23)22-13(11-20)9-12-10-14(12)22/h5,12-15H,1,6-10H2,2-4H3,(H,21,24). The second-order valence-electron chi connectivity index (χ2n) is 8.56. The molecule has 0 radical (unpaired) electrons. The molecule has 0 bridgehead atoms. The highest BCUT2D eigenvalue weighted by atomic mass is 16.6. The number of nitrogens with zero attached hydrogens (tertiary/aromatic N) is 2. The van der Waals surface area contributed by atoms with Crippen molar-refractivity contribution in [3.8, 4) is 6.07 Å². The Morgan fingerprint density at radius 3 is 2.56 bits per heavy atom. The monoisotopic (exact) mass is 345 g/mol. The number of hydrogen-bond donors (Lipinski definition) is 1. The third kappa shape index (κ3) is 3.24. The molecule has 1 aliphatic heterocycles. The molecule has 6 heteroatoms. The number of nitrogens with one attached hydrogen (secondary N) is 1. The predicted molar refractivity (Wildman–Crippen MR) is 92.4 cm³/mol. The van der Waals surface area contributed by atoms with Crippen molar-refractivity contribution in [2.45, 2.75) is 76.6 Å². The van der Waals surface area contributed by atoms with Crippen molar-refractivity contribution in [2.75, 3.05) is 0 Å². The van der Waals surface area contributed by atoms with Gasteiger partial charge in [0.2, 0.25) is 5.91 Å². The Morgan fingerprint density at radius 1 is 1.40 bits per heavy atom. The molecule has 136 valence electrons. The van der Waals surface area contributed by atoms with Gasteiger partial charge in [0.25, 0.3) is 0 Å². The fourth-order valence-electron chi connectivity index (χ4n) is 4.11. The van der Waals surface area contributed by atoms with E-state index in [1.54, 1.807) is 31.7 Å². The number of amides is 2. The minimum Gasteiger partial charge on any atom is -0.444 e. The molecule has 1 heterocycles. The molecule has 25 heavy (non-hydrogen) atoms. The number of carbonyl (C=O) groups is 2. The zero-order valence-electron chi connectivity index (χ0n) is 15.2. The Bertz CT molecular complexity index is 627. The third-order valence-corrected chi connectivity index (χ3v) is 5.68. The van der Waals surface area contributed by atoms with E-state index in [1.807, 2.05) is 0 Å². The first-order valence-corrected chi connectivity index (χ1v) is 9.06. The number of likely N-dealkylation sites (tertiary alicyclic amines) is 1. The van der Waals surface area contributed by atoms with E-state index in [1.165, 1.54) is 0 Å². The van der Waals surface area contributed by atoms with Crippen molar-refractivity contribution in [1.82, 2.24) is 10.2 Å². The smallest absolute Gasteiger partial charge is 0.408 e. The number of nitriles is 1. The number of rotatable bonds is 4. The Labute approximate surface area is 149 Å². The van der Waals surface area contributed by atoms with Crippen LogP contribution >= 0.6 is 0 Å². The number of ether oxygens (including phenoxy) is 1. The normalized spacial score (nSPS) is 30.3. The van der Waals surface area contributed by atoms with Gasteiger partial charge in [-0.05, 0) is 52.4 Å². The molecular formula is C19H27N3O3. The maximum absolute atomic E-state index is 13.3. The van der Waals surface area contributed by atoms with Crippen molar-refractivity contribution in [3.63, 3.8) is 0 Å². The van der Waals surface area contributed by atoms with E-state index in [9.17, 15) is 14.9 Å². The Kier molecular flexibility index (Phi) is 4.30. The molecule has 2 saturated carbocycles. The number of hydrogen-bond acceptors (Lipinski definition) is 4. The minimum absolute atomic E-state index is 0.155. The lowest BCUT2D eigenvalue weighted by atomic mass is 9.63. The van der Waals surface area contributed by atoms with E-state index in [0.29, 0.717) is 5.92 Å². The van der Waals surface area contributed by atoms with Crippen LogP contribution in [0.4, 0.5) is 4.79 Å². The summed E-state index contributed by atoms with van der Waals surface area (Å²) in [5.41, 5.74) is -1.08. The second-order valence-corrected chi connectivity index (χ2v) is 8.56. The van der Waals surface area contributed by atoms with Crippen LogP contribution < -0.4 is 5.32 Å². The lowest BCUT2D eigenvalue weighted by Gasteiger charge is -2.46. The number of alkyl carbamates (subject to hydrolysis) is 1. The first kappa shape index (κ1) is 17.8. The third-order valence-electron chi connectivity index (χ3n) is 5.68. The van der Waals surface area contributed by atoms with Gasteiger partial charge in [-0.25, -0.2) is 4.79 Å². The quantitative estimate of drug-likeness (QED) is 0.794. The fraction of sp³-hybridized carbons (Fsp3) is 0.737. The first-order chi connectivity index (χ1) is 11.7. The van der Waals surface area contributed by atoms with Crippen molar-refractivity contribution >= 4 is 12.0 Å². The Morgan fingerprint density at radius 2 is 2.08 bits per heavy atom. The van der Waals surface area contributed by atoms with Crippen LogP contribution in [0.1, 0.15) is 52.9 Å². The second kappa shape index (κ2) is 6.05. The lowest BCUT2D eigenvalue weighted by Crippen LogP contribution is -2.60. The summed E-state index contributed by atoms with van der Waals surface area (Å²) in [6.07, 6.45) is 5.51. The van der Waals surface area contributed by atoms with Crippen LogP contribution in [0.15, 0.2) is 12.7 Å². The SMILES string of the molecule is C=CC1(C(NC(=O)OC(C)(C)C)C(=O)N2C(C#N)CC3CC32)CCC1. The molecule has 2 aliphatic carbocycles. The van der Waals surface area contributed by atoms with E-state index in [-0.39, 0.29) is 18.0 Å². The van der Waals surface area contributed by atoms with Gasteiger partial charge in [-0.3, -0.25) is 4.79 Å². The summed E-state index contributed by atoms with van der Waals surface area (Å²) < 4.78 is 5.36. The molecular weight excluding hydrogens is 318 g/mol. The average molecular weight is 345 g/mol. The topological polar surface area (TPSA) is 82.4 Å². The van der Waals surface area contributed by atoms with Crippen LogP contribution in [0.25, 0.3) is 0 Å². The summed E-state index contributed by atoms with van der Waals surface area (Å²) in [4.78, 5) is 27.3. The summed E-state index contributed by atoms with van der Waals surface area (Å²) in [7, 11) is 0. The van der Waals surface area contributed by atoms with Gasteiger partial charge < -0.3 is 15.0 Å². The molecule has 0 aromatic carbocycles. The molecule has 0 aromatic rings. The number of fused-ring (bicyclic) bond motifs is 1. The van der Waals surface area contributed by atoms with Gasteiger partial charge in [0.05, 0.1) is 6.07 Å². The summed E-state index contributed by atoms with van der Waals surface area (Å²) >= 11 is 0. The van der Waals surface area contributed by atoms with Crippen LogP contribution in [0.3, 0.4) is 0 Å². The molecule has 0 aromatic heterocycles. The molecule has 2 amide bonds. The van der Waals surface area contributed by atoms with Gasteiger partial charge in [0.15, 0.2) is 0 Å². The zero-order valence-corrected chi connectivity index (χ0v) is 15.2. The Balaban J connectivity index is 1.81. The number of carbonyl (C=O) groups excluding carboxylic acids is 2. The number of piperidine rings is 1. The van der Waals surface area contributed by atoms with Crippen LogP contribution in [-0.2, 0) is 9.53 Å². The predicted octanol–water partition coefficient (Wildman–Crippen LogP) is 2.75. The van der Waals surface area contributed by atoms with E-state index in [0.717, 1.165) is 32.1 Å². The summed E-state index contributed by atoms with van der Waals surface area (Å²) in [6, 6.07) is 1.29. The molecule has 3 rings (SSSR count). The Hall–Kier alpha value is -2.03. The van der Waals surface area contributed by atoms with E-state index >= 15 is 0 Å². The molecule has 0 spiro atoms. The fourth-order valence-corrected chi connectivity index (χ4v) is 4.11. The highest BCUT2D eigenvalue weighted by Gasteiger charge is 2.58. The van der Waals surface area contributed by atoms with E-state index in [2.05, 4.69) is 18.0 Å². The van der Waals surface area contributed by atoms with Gasteiger partial charge >= 0.3 is 6.09 Å². The van der Waals surface area contributed by atoms with Crippen molar-refractivity contribution in [3.05, 3.63) is 12.7 Å². The molecule has 6 nitrogen and oxygen atoms in total. The highest BCUT2D eigenvalue weighted by molar-refractivity contribution is 5.88. The average Bonchev–Trinajstić information content (AvgIpc) is 3.13. The van der Waals surface area contributed by atoms with Crippen LogP contribution in [0.5, 0.6) is 0 Å². The molecule has 3 aliphatic rings. The summed E-state index contributed by atoms with van der Waals surface area (Å²) in [5, 5.41) is 12.2. The van der Waals surface area contributed by atoms with Crippen molar-refractivity contribution < 1.29 is 14.3 Å².